The second-order valence-electron chi connectivity index (χ2n) is 2.03. The van der Waals surface area contributed by atoms with Crippen molar-refractivity contribution in [1.29, 1.82) is 0 Å². The summed E-state index contributed by atoms with van der Waals surface area (Å²) in [7, 11) is 5.37. The van der Waals surface area contributed by atoms with Gasteiger partial charge in [-0.25, -0.2) is 0 Å². The first kappa shape index (κ1) is 10.7. The molecule has 12 heavy (non-hydrogen) atoms. The van der Waals surface area contributed by atoms with Crippen LogP contribution in [-0.4, -0.2) is 33.2 Å². The van der Waals surface area contributed by atoms with E-state index in [1.54, 1.807) is 19.5 Å². The van der Waals surface area contributed by atoms with E-state index in [1.807, 2.05) is 21.0 Å². The van der Waals surface area contributed by atoms with Gasteiger partial charge in [0.2, 0.25) is 0 Å². The van der Waals surface area contributed by atoms with Gasteiger partial charge in [0.25, 0.3) is 0 Å². The molecule has 0 spiro atoms. The van der Waals surface area contributed by atoms with Crippen LogP contribution >= 0.6 is 0 Å². The van der Waals surface area contributed by atoms with Crippen LogP contribution in [-0.2, 0) is 0 Å². The van der Waals surface area contributed by atoms with Crippen LogP contribution in [0.25, 0.3) is 0 Å². The topological polar surface area (TPSA) is 48.8 Å². The summed E-state index contributed by atoms with van der Waals surface area (Å²) < 4.78 is 0. The smallest absolute Gasteiger partial charge is 0.148 e. The molecule has 0 saturated heterocycles. The van der Waals surface area contributed by atoms with Crippen LogP contribution in [0.3, 0.4) is 0 Å². The Morgan fingerprint density at radius 3 is 2.33 bits per heavy atom. The zero-order chi connectivity index (χ0) is 9.40. The Balaban J connectivity index is 4.61. The highest BCUT2D eigenvalue weighted by Gasteiger charge is 1.99. The molecule has 4 heteroatoms. The minimum atomic E-state index is 0.766. The Kier molecular flexibility index (Phi) is 5.69. The van der Waals surface area contributed by atoms with Crippen LogP contribution in [0.2, 0.25) is 0 Å². The highest BCUT2D eigenvalue weighted by molar-refractivity contribution is 5.98. The second-order valence-corrected chi connectivity index (χ2v) is 2.03. The summed E-state index contributed by atoms with van der Waals surface area (Å²) in [6.07, 6.45) is 3.52. The van der Waals surface area contributed by atoms with Crippen LogP contribution in [0.5, 0.6) is 0 Å². The molecule has 0 aromatic carbocycles. The van der Waals surface area contributed by atoms with Gasteiger partial charge in [-0.2, -0.15) is 0 Å². The van der Waals surface area contributed by atoms with E-state index in [0.29, 0.717) is 0 Å². The fraction of sp³-hybridized carbons (Fsp3) is 0.500. The van der Waals surface area contributed by atoms with Crippen molar-refractivity contribution in [2.24, 2.45) is 9.98 Å². The first-order valence-corrected chi connectivity index (χ1v) is 3.81. The summed E-state index contributed by atoms with van der Waals surface area (Å²) in [6.45, 7) is 1.87. The van der Waals surface area contributed by atoms with E-state index in [2.05, 4.69) is 20.6 Å². The predicted octanol–water partition coefficient (Wildman–Crippen LogP) is 0.386. The maximum absolute atomic E-state index is 4.14. The van der Waals surface area contributed by atoms with Crippen LogP contribution in [0.4, 0.5) is 0 Å². The molecule has 0 aromatic rings. The number of amidine groups is 1. The quantitative estimate of drug-likeness (QED) is 0.473. The molecular formula is C8H16N4. The number of hydrogen-bond donors (Lipinski definition) is 2. The minimum absolute atomic E-state index is 0.766. The van der Waals surface area contributed by atoms with Crippen molar-refractivity contribution in [3.05, 3.63) is 11.9 Å². The standard InChI is InChI=1S/C8H16N4/c1-5-12-7(6-9-2)8(10-3)11-4/h5-6,9H,1-4H3,(H,10,11)/b7-6+,12-5-. The Morgan fingerprint density at radius 2 is 2.00 bits per heavy atom. The fourth-order valence-corrected chi connectivity index (χ4v) is 0.797. The zero-order valence-electron chi connectivity index (χ0n) is 8.05. The summed E-state index contributed by atoms with van der Waals surface area (Å²) in [5.74, 6) is 0.766. The maximum atomic E-state index is 4.14. The number of nitrogens with one attached hydrogen (secondary N) is 2. The lowest BCUT2D eigenvalue weighted by molar-refractivity contribution is 1.06. The third-order valence-electron chi connectivity index (χ3n) is 1.25. The lowest BCUT2D eigenvalue weighted by Crippen LogP contribution is -2.21. The van der Waals surface area contributed by atoms with Gasteiger partial charge in [-0.1, -0.05) is 0 Å². The molecule has 0 aliphatic carbocycles. The number of rotatable bonds is 3. The Hall–Kier alpha value is -1.32. The molecule has 68 valence electrons. The third kappa shape index (κ3) is 3.18. The van der Waals surface area contributed by atoms with Gasteiger partial charge in [-0.15, -0.1) is 0 Å². The average Bonchev–Trinajstić information content (AvgIpc) is 2.07. The summed E-state index contributed by atoms with van der Waals surface area (Å²) in [4.78, 5) is 8.16. The van der Waals surface area contributed by atoms with E-state index < -0.39 is 0 Å². The molecule has 0 fully saturated rings. The van der Waals surface area contributed by atoms with Crippen molar-refractivity contribution in [3.63, 3.8) is 0 Å². The molecule has 0 saturated carbocycles. The molecule has 0 rings (SSSR count). The number of nitrogens with zero attached hydrogens (tertiary/aromatic N) is 2. The summed E-state index contributed by atoms with van der Waals surface area (Å²) >= 11 is 0. The molecule has 0 aromatic heterocycles. The van der Waals surface area contributed by atoms with E-state index >= 15 is 0 Å². The SMILES string of the molecule is C\C=N/C(=C/NC)C(=N\C)/NC. The molecule has 0 radical (unpaired) electrons. The van der Waals surface area contributed by atoms with Gasteiger partial charge in [0.1, 0.15) is 11.5 Å². The van der Waals surface area contributed by atoms with Gasteiger partial charge < -0.3 is 10.6 Å². The van der Waals surface area contributed by atoms with Crippen LogP contribution < -0.4 is 10.6 Å². The molecule has 0 heterocycles. The van der Waals surface area contributed by atoms with Crippen molar-refractivity contribution in [1.82, 2.24) is 10.6 Å². The highest BCUT2D eigenvalue weighted by Crippen LogP contribution is 1.95. The van der Waals surface area contributed by atoms with Crippen LogP contribution in [0.1, 0.15) is 6.92 Å². The predicted molar refractivity (Wildman–Crippen MR) is 53.7 cm³/mol. The van der Waals surface area contributed by atoms with E-state index in [-0.39, 0.29) is 0 Å². The molecule has 4 nitrogen and oxygen atoms in total. The molecule has 0 amide bonds. The fourth-order valence-electron chi connectivity index (χ4n) is 0.797. The van der Waals surface area contributed by atoms with Crippen molar-refractivity contribution in [2.45, 2.75) is 6.92 Å². The average molecular weight is 168 g/mol. The van der Waals surface area contributed by atoms with Crippen LogP contribution in [0.15, 0.2) is 21.9 Å². The summed E-state index contributed by atoms with van der Waals surface area (Å²) in [5.41, 5.74) is 0.796. The Bertz CT molecular complexity index is 203. The van der Waals surface area contributed by atoms with Gasteiger partial charge in [0.05, 0.1) is 0 Å². The van der Waals surface area contributed by atoms with Gasteiger partial charge in [-0.3, -0.25) is 9.98 Å². The molecule has 2 N–H and O–H groups in total. The Labute approximate surface area is 73.5 Å². The van der Waals surface area contributed by atoms with E-state index in [9.17, 15) is 0 Å². The molecular weight excluding hydrogens is 152 g/mol. The Morgan fingerprint density at radius 1 is 1.33 bits per heavy atom. The van der Waals surface area contributed by atoms with E-state index in [1.165, 1.54) is 0 Å². The third-order valence-corrected chi connectivity index (χ3v) is 1.25. The van der Waals surface area contributed by atoms with Crippen molar-refractivity contribution in [2.75, 3.05) is 21.1 Å². The lowest BCUT2D eigenvalue weighted by Gasteiger charge is -2.04. The highest BCUT2D eigenvalue weighted by atomic mass is 15.0. The lowest BCUT2D eigenvalue weighted by atomic mass is 10.4. The summed E-state index contributed by atoms with van der Waals surface area (Å²) in [6, 6.07) is 0. The van der Waals surface area contributed by atoms with Gasteiger partial charge in [-0.05, 0) is 6.92 Å². The molecule has 0 unspecified atom stereocenters. The van der Waals surface area contributed by atoms with Crippen molar-refractivity contribution in [3.8, 4) is 0 Å². The molecule has 0 atom stereocenters. The first-order chi connectivity index (χ1) is 5.79. The minimum Gasteiger partial charge on any atom is -0.392 e. The number of hydrogen-bond acceptors (Lipinski definition) is 3. The van der Waals surface area contributed by atoms with E-state index in [4.69, 9.17) is 0 Å². The molecule has 0 aliphatic rings. The largest absolute Gasteiger partial charge is 0.392 e. The maximum Gasteiger partial charge on any atom is 0.148 e. The van der Waals surface area contributed by atoms with Crippen LogP contribution in [0, 0.1) is 0 Å². The zero-order valence-corrected chi connectivity index (χ0v) is 8.05. The second kappa shape index (κ2) is 6.39. The number of aliphatic imine (C=N–C) groups is 2. The normalized spacial score (nSPS) is 13.7. The number of likely N-dealkylation sites (N-methyl/N-ethyl adjacent to an activating group) is 1. The molecule has 0 aliphatic heterocycles. The van der Waals surface area contributed by atoms with Gasteiger partial charge in [0, 0.05) is 33.6 Å². The van der Waals surface area contributed by atoms with E-state index in [0.717, 1.165) is 11.5 Å². The van der Waals surface area contributed by atoms with Crippen molar-refractivity contribution >= 4 is 12.1 Å². The van der Waals surface area contributed by atoms with Gasteiger partial charge in [0.15, 0.2) is 0 Å². The van der Waals surface area contributed by atoms with Crippen molar-refractivity contribution < 1.29 is 0 Å². The molecule has 0 bridgehead atoms. The summed E-state index contributed by atoms with van der Waals surface area (Å²) in [5, 5.41) is 5.85. The first-order valence-electron chi connectivity index (χ1n) is 3.81. The monoisotopic (exact) mass is 168 g/mol. The van der Waals surface area contributed by atoms with Gasteiger partial charge >= 0.3 is 0 Å².